The van der Waals surface area contributed by atoms with Gasteiger partial charge in [0.05, 0.1) is 0 Å². The Bertz CT molecular complexity index is 185. The number of hydrogen-bond donors (Lipinski definition) is 1. The normalized spacial score (nSPS) is 40.3. The zero-order valence-electron chi connectivity index (χ0n) is 9.97. The smallest absolute Gasteiger partial charge is 0.000766 e. The van der Waals surface area contributed by atoms with Crippen LogP contribution in [0.25, 0.3) is 0 Å². The van der Waals surface area contributed by atoms with Crippen LogP contribution in [0.1, 0.15) is 46.0 Å². The average Bonchev–Trinajstić information content (AvgIpc) is 2.77. The van der Waals surface area contributed by atoms with Gasteiger partial charge in [0, 0.05) is 6.54 Å². The van der Waals surface area contributed by atoms with Crippen molar-refractivity contribution in [3.8, 4) is 0 Å². The SMILES string of the molecule is CCC(CC)C1(CNC)CC2CC2C1. The number of hydrogen-bond acceptors (Lipinski definition) is 1. The van der Waals surface area contributed by atoms with E-state index in [1.54, 1.807) is 6.42 Å². The van der Waals surface area contributed by atoms with Gasteiger partial charge in [-0.15, -0.1) is 0 Å². The van der Waals surface area contributed by atoms with E-state index >= 15 is 0 Å². The second-order valence-corrected chi connectivity index (χ2v) is 5.57. The second-order valence-electron chi connectivity index (χ2n) is 5.57. The molecule has 2 fully saturated rings. The van der Waals surface area contributed by atoms with Gasteiger partial charge < -0.3 is 5.32 Å². The Hall–Kier alpha value is -0.0400. The van der Waals surface area contributed by atoms with Crippen molar-refractivity contribution in [1.29, 1.82) is 0 Å². The molecule has 0 saturated heterocycles. The maximum atomic E-state index is 3.44. The monoisotopic (exact) mass is 195 g/mol. The fourth-order valence-corrected chi connectivity index (χ4v) is 4.07. The van der Waals surface area contributed by atoms with Gasteiger partial charge in [0.1, 0.15) is 0 Å². The lowest BCUT2D eigenvalue weighted by Gasteiger charge is -2.38. The van der Waals surface area contributed by atoms with Crippen LogP contribution in [0.5, 0.6) is 0 Å². The lowest BCUT2D eigenvalue weighted by Crippen LogP contribution is -2.38. The van der Waals surface area contributed by atoms with E-state index in [1.807, 2.05) is 0 Å². The summed E-state index contributed by atoms with van der Waals surface area (Å²) < 4.78 is 0. The van der Waals surface area contributed by atoms with Crippen LogP contribution >= 0.6 is 0 Å². The summed E-state index contributed by atoms with van der Waals surface area (Å²) in [5.41, 5.74) is 0.672. The first-order valence-corrected chi connectivity index (χ1v) is 6.40. The Kier molecular flexibility index (Phi) is 2.88. The van der Waals surface area contributed by atoms with Gasteiger partial charge in [-0.05, 0) is 49.5 Å². The summed E-state index contributed by atoms with van der Waals surface area (Å²) in [4.78, 5) is 0. The Labute approximate surface area is 88.7 Å². The van der Waals surface area contributed by atoms with E-state index in [9.17, 15) is 0 Å². The zero-order valence-corrected chi connectivity index (χ0v) is 9.97. The Balaban J connectivity index is 2.05. The van der Waals surface area contributed by atoms with Crippen molar-refractivity contribution in [1.82, 2.24) is 5.32 Å². The van der Waals surface area contributed by atoms with Crippen LogP contribution in [0.3, 0.4) is 0 Å². The molecule has 0 aliphatic heterocycles. The van der Waals surface area contributed by atoms with Gasteiger partial charge in [0.25, 0.3) is 0 Å². The predicted octanol–water partition coefficient (Wildman–Crippen LogP) is 3.06. The highest BCUT2D eigenvalue weighted by atomic mass is 14.8. The largest absolute Gasteiger partial charge is 0.319 e. The van der Waals surface area contributed by atoms with Gasteiger partial charge in [-0.2, -0.15) is 0 Å². The Morgan fingerprint density at radius 3 is 2.21 bits per heavy atom. The molecule has 2 rings (SSSR count). The number of fused-ring (bicyclic) bond motifs is 1. The molecular formula is C13H25N. The van der Waals surface area contributed by atoms with Gasteiger partial charge in [0.2, 0.25) is 0 Å². The summed E-state index contributed by atoms with van der Waals surface area (Å²) in [6.07, 6.45) is 7.33. The second kappa shape index (κ2) is 3.84. The van der Waals surface area contributed by atoms with Crippen LogP contribution in [0, 0.1) is 23.2 Å². The molecule has 1 heteroatoms. The molecule has 0 radical (unpaired) electrons. The molecule has 2 aliphatic carbocycles. The van der Waals surface area contributed by atoms with E-state index < -0.39 is 0 Å². The maximum Gasteiger partial charge on any atom is 0.000766 e. The van der Waals surface area contributed by atoms with Crippen molar-refractivity contribution < 1.29 is 0 Å². The third-order valence-corrected chi connectivity index (χ3v) is 4.79. The summed E-state index contributed by atoms with van der Waals surface area (Å²) in [6.45, 7) is 6.00. The van der Waals surface area contributed by atoms with Crippen LogP contribution < -0.4 is 5.32 Å². The lowest BCUT2D eigenvalue weighted by atomic mass is 9.69. The minimum absolute atomic E-state index is 0.672. The highest BCUT2D eigenvalue weighted by Gasteiger charge is 2.55. The molecule has 0 aromatic carbocycles. The molecule has 0 spiro atoms. The summed E-state index contributed by atoms with van der Waals surface area (Å²) in [7, 11) is 2.12. The number of nitrogens with one attached hydrogen (secondary N) is 1. The molecule has 2 atom stereocenters. The van der Waals surface area contributed by atoms with Gasteiger partial charge in [0.15, 0.2) is 0 Å². The fourth-order valence-electron chi connectivity index (χ4n) is 4.07. The van der Waals surface area contributed by atoms with E-state index in [4.69, 9.17) is 0 Å². The summed E-state index contributed by atoms with van der Waals surface area (Å²) in [6, 6.07) is 0. The lowest BCUT2D eigenvalue weighted by molar-refractivity contribution is 0.134. The zero-order chi connectivity index (χ0) is 10.2. The van der Waals surface area contributed by atoms with Crippen molar-refractivity contribution in [3.05, 3.63) is 0 Å². The van der Waals surface area contributed by atoms with Crippen molar-refractivity contribution in [2.24, 2.45) is 23.2 Å². The Morgan fingerprint density at radius 2 is 1.79 bits per heavy atom. The van der Waals surface area contributed by atoms with Crippen molar-refractivity contribution in [2.75, 3.05) is 13.6 Å². The Morgan fingerprint density at radius 1 is 1.21 bits per heavy atom. The third kappa shape index (κ3) is 1.60. The molecule has 1 nitrogen and oxygen atoms in total. The minimum Gasteiger partial charge on any atom is -0.319 e. The minimum atomic E-state index is 0.672. The van der Waals surface area contributed by atoms with Crippen LogP contribution in [0.4, 0.5) is 0 Å². The highest BCUT2D eigenvalue weighted by Crippen LogP contribution is 2.62. The molecule has 82 valence electrons. The fraction of sp³-hybridized carbons (Fsp3) is 1.00. The molecule has 0 aromatic heterocycles. The number of rotatable bonds is 5. The molecule has 2 saturated carbocycles. The van der Waals surface area contributed by atoms with Gasteiger partial charge in [-0.3, -0.25) is 0 Å². The van der Waals surface area contributed by atoms with E-state index in [1.165, 1.54) is 32.2 Å². The maximum absolute atomic E-state index is 3.44. The molecule has 0 aromatic rings. The first-order valence-electron chi connectivity index (χ1n) is 6.40. The van der Waals surface area contributed by atoms with Crippen LogP contribution in [-0.4, -0.2) is 13.6 Å². The van der Waals surface area contributed by atoms with Crippen molar-refractivity contribution >= 4 is 0 Å². The van der Waals surface area contributed by atoms with Gasteiger partial charge in [-0.25, -0.2) is 0 Å². The summed E-state index contributed by atoms with van der Waals surface area (Å²) in [5.74, 6) is 3.19. The standard InChI is InChI=1S/C13H25N/c1-4-12(5-2)13(9-14-3)7-10-6-11(10)8-13/h10-12,14H,4-9H2,1-3H3. The molecule has 2 unspecified atom stereocenters. The molecular weight excluding hydrogens is 170 g/mol. The highest BCUT2D eigenvalue weighted by molar-refractivity contribution is 5.06. The molecule has 0 amide bonds. The van der Waals surface area contributed by atoms with E-state index in [0.29, 0.717) is 5.41 Å². The van der Waals surface area contributed by atoms with Gasteiger partial charge >= 0.3 is 0 Å². The first kappa shape index (κ1) is 10.5. The van der Waals surface area contributed by atoms with Crippen LogP contribution in [-0.2, 0) is 0 Å². The van der Waals surface area contributed by atoms with E-state index in [-0.39, 0.29) is 0 Å². The van der Waals surface area contributed by atoms with Crippen LogP contribution in [0.2, 0.25) is 0 Å². The first-order chi connectivity index (χ1) is 6.75. The molecule has 0 heterocycles. The van der Waals surface area contributed by atoms with Gasteiger partial charge in [-0.1, -0.05) is 26.7 Å². The quantitative estimate of drug-likeness (QED) is 0.711. The molecule has 0 bridgehead atoms. The van der Waals surface area contributed by atoms with E-state index in [2.05, 4.69) is 26.2 Å². The third-order valence-electron chi connectivity index (χ3n) is 4.79. The summed E-state index contributed by atoms with van der Waals surface area (Å²) >= 11 is 0. The topological polar surface area (TPSA) is 12.0 Å². The molecule has 1 N–H and O–H groups in total. The van der Waals surface area contributed by atoms with Crippen molar-refractivity contribution in [2.45, 2.75) is 46.0 Å². The summed E-state index contributed by atoms with van der Waals surface area (Å²) in [5, 5.41) is 3.44. The predicted molar refractivity (Wildman–Crippen MR) is 61.3 cm³/mol. The van der Waals surface area contributed by atoms with E-state index in [0.717, 1.165) is 17.8 Å². The average molecular weight is 195 g/mol. The molecule has 2 aliphatic rings. The van der Waals surface area contributed by atoms with Crippen LogP contribution in [0.15, 0.2) is 0 Å². The van der Waals surface area contributed by atoms with Crippen molar-refractivity contribution in [3.63, 3.8) is 0 Å². The molecule has 14 heavy (non-hydrogen) atoms.